The summed E-state index contributed by atoms with van der Waals surface area (Å²) in [6, 6.07) is 61.4. The van der Waals surface area contributed by atoms with Gasteiger partial charge in [-0.25, -0.2) is 0 Å². The molecule has 2 heteroatoms. The third-order valence-electron chi connectivity index (χ3n) is 10.1. The van der Waals surface area contributed by atoms with Crippen molar-refractivity contribution in [2.45, 2.75) is 33.1 Å². The number of benzene rings is 7. The lowest BCUT2D eigenvalue weighted by Gasteiger charge is -2.28. The maximum absolute atomic E-state index is 2.41. The first-order valence-corrected chi connectivity index (χ1v) is 17.8. The lowest BCUT2D eigenvalue weighted by atomic mass is 9.81. The molecule has 0 fully saturated rings. The minimum atomic E-state index is -0.143. The molecular formula is C49H42N2. The molecule has 1 aliphatic rings. The lowest BCUT2D eigenvalue weighted by Crippen LogP contribution is -2.16. The van der Waals surface area contributed by atoms with Crippen LogP contribution in [0.4, 0.5) is 34.1 Å². The number of hydrogen-bond acceptors (Lipinski definition) is 2. The summed E-state index contributed by atoms with van der Waals surface area (Å²) in [6.07, 6.45) is 4.46. The number of nitrogens with zero attached hydrogens (tertiary/aromatic N) is 2. The van der Waals surface area contributed by atoms with Gasteiger partial charge in [-0.1, -0.05) is 123 Å². The third kappa shape index (κ3) is 6.26. The van der Waals surface area contributed by atoms with E-state index >= 15 is 0 Å². The van der Waals surface area contributed by atoms with Crippen LogP contribution in [0.15, 0.2) is 170 Å². The molecular weight excluding hydrogens is 617 g/mol. The molecule has 0 unspecified atom stereocenters. The van der Waals surface area contributed by atoms with Crippen molar-refractivity contribution in [1.29, 1.82) is 0 Å². The van der Waals surface area contributed by atoms with Crippen LogP contribution in [0.5, 0.6) is 0 Å². The quantitative estimate of drug-likeness (QED) is 0.150. The fourth-order valence-electron chi connectivity index (χ4n) is 7.50. The van der Waals surface area contributed by atoms with Gasteiger partial charge in [-0.05, 0) is 131 Å². The van der Waals surface area contributed by atoms with Gasteiger partial charge in [0.05, 0.1) is 0 Å². The molecule has 0 atom stereocenters. The molecule has 0 radical (unpaired) electrons. The Morgan fingerprint density at radius 1 is 0.373 bits per heavy atom. The fourth-order valence-corrected chi connectivity index (χ4v) is 7.50. The van der Waals surface area contributed by atoms with Crippen LogP contribution in [-0.2, 0) is 5.41 Å². The van der Waals surface area contributed by atoms with E-state index in [0.717, 1.165) is 17.1 Å². The molecule has 0 spiro atoms. The van der Waals surface area contributed by atoms with Crippen LogP contribution in [0.3, 0.4) is 0 Å². The Bertz CT molecular complexity index is 2270. The van der Waals surface area contributed by atoms with Crippen molar-refractivity contribution in [3.05, 3.63) is 203 Å². The van der Waals surface area contributed by atoms with Crippen molar-refractivity contribution in [2.75, 3.05) is 9.80 Å². The van der Waals surface area contributed by atoms with E-state index in [2.05, 4.69) is 220 Å². The normalized spacial score (nSPS) is 12.8. The van der Waals surface area contributed by atoms with Crippen LogP contribution in [-0.4, -0.2) is 0 Å². The first-order valence-electron chi connectivity index (χ1n) is 17.8. The van der Waals surface area contributed by atoms with Gasteiger partial charge in [-0.15, -0.1) is 0 Å². The van der Waals surface area contributed by atoms with Crippen LogP contribution in [0, 0.1) is 13.8 Å². The van der Waals surface area contributed by atoms with Gasteiger partial charge in [0, 0.05) is 39.5 Å². The SMILES string of the molecule is Cc1cccc(N(c2cccc(C)c2)c2ccc3c(c2)C(C)(C)c2cc(/C=C/c4ccc(N(c5ccccc5)c5ccccc5)cc4)ccc2-3)c1. The van der Waals surface area contributed by atoms with E-state index in [9.17, 15) is 0 Å². The molecule has 7 aromatic rings. The molecule has 0 saturated heterocycles. The summed E-state index contributed by atoms with van der Waals surface area (Å²) >= 11 is 0. The lowest BCUT2D eigenvalue weighted by molar-refractivity contribution is 0.660. The van der Waals surface area contributed by atoms with Gasteiger partial charge in [0.2, 0.25) is 0 Å². The van der Waals surface area contributed by atoms with Crippen molar-refractivity contribution in [2.24, 2.45) is 0 Å². The highest BCUT2D eigenvalue weighted by Gasteiger charge is 2.36. The molecule has 0 N–H and O–H groups in total. The largest absolute Gasteiger partial charge is 0.311 e. The predicted octanol–water partition coefficient (Wildman–Crippen LogP) is 13.7. The molecule has 0 saturated carbocycles. The van der Waals surface area contributed by atoms with E-state index in [4.69, 9.17) is 0 Å². The molecule has 0 aliphatic heterocycles. The summed E-state index contributed by atoms with van der Waals surface area (Å²) in [5, 5.41) is 0. The van der Waals surface area contributed by atoms with Gasteiger partial charge in [0.25, 0.3) is 0 Å². The number of para-hydroxylation sites is 2. The molecule has 1 aliphatic carbocycles. The van der Waals surface area contributed by atoms with Crippen LogP contribution < -0.4 is 9.80 Å². The van der Waals surface area contributed by atoms with Crippen molar-refractivity contribution in [3.8, 4) is 11.1 Å². The average Bonchev–Trinajstić information content (AvgIpc) is 3.37. The van der Waals surface area contributed by atoms with Crippen LogP contribution in [0.2, 0.25) is 0 Å². The van der Waals surface area contributed by atoms with Crippen molar-refractivity contribution in [3.63, 3.8) is 0 Å². The zero-order chi connectivity index (χ0) is 35.0. The number of rotatable bonds is 8. The molecule has 248 valence electrons. The minimum Gasteiger partial charge on any atom is -0.311 e. The highest BCUT2D eigenvalue weighted by molar-refractivity contribution is 5.87. The zero-order valence-corrected chi connectivity index (χ0v) is 29.7. The zero-order valence-electron chi connectivity index (χ0n) is 29.7. The Balaban J connectivity index is 1.08. The Labute approximate surface area is 302 Å². The summed E-state index contributed by atoms with van der Waals surface area (Å²) in [6.45, 7) is 9.05. The highest BCUT2D eigenvalue weighted by atomic mass is 15.1. The predicted molar refractivity (Wildman–Crippen MR) is 218 cm³/mol. The third-order valence-corrected chi connectivity index (χ3v) is 10.1. The summed E-state index contributed by atoms with van der Waals surface area (Å²) in [5.74, 6) is 0. The van der Waals surface area contributed by atoms with Gasteiger partial charge < -0.3 is 9.80 Å². The van der Waals surface area contributed by atoms with Gasteiger partial charge in [-0.2, -0.15) is 0 Å². The van der Waals surface area contributed by atoms with Crippen molar-refractivity contribution < 1.29 is 0 Å². The highest BCUT2D eigenvalue weighted by Crippen LogP contribution is 2.51. The van der Waals surface area contributed by atoms with Crippen LogP contribution in [0.1, 0.15) is 47.2 Å². The van der Waals surface area contributed by atoms with Crippen LogP contribution >= 0.6 is 0 Å². The Hall–Kier alpha value is -6.12. The first-order chi connectivity index (χ1) is 24.8. The smallest absolute Gasteiger partial charge is 0.0465 e. The maximum Gasteiger partial charge on any atom is 0.0465 e. The van der Waals surface area contributed by atoms with Crippen LogP contribution in [0.25, 0.3) is 23.3 Å². The Kier molecular flexibility index (Phi) is 8.37. The standard InChI is InChI=1S/C49H42N2/c1-35-13-11-19-42(31-35)51(43-20-12-14-36(2)32-43)44-28-30-46-45-29-25-38(33-47(45)49(3,4)48(46)34-44)22-21-37-23-26-41(27-24-37)50(39-15-7-5-8-16-39)40-17-9-6-10-18-40/h5-34H,1-4H3/b22-21+. The van der Waals surface area contributed by atoms with E-state index in [0.29, 0.717) is 0 Å². The Morgan fingerprint density at radius 2 is 0.784 bits per heavy atom. The Morgan fingerprint density at radius 3 is 1.35 bits per heavy atom. The second-order valence-electron chi connectivity index (χ2n) is 14.1. The summed E-state index contributed by atoms with van der Waals surface area (Å²) in [7, 11) is 0. The van der Waals surface area contributed by atoms with E-state index in [1.54, 1.807) is 0 Å². The summed E-state index contributed by atoms with van der Waals surface area (Å²) in [4.78, 5) is 4.68. The van der Waals surface area contributed by atoms with Crippen molar-refractivity contribution in [1.82, 2.24) is 0 Å². The average molecular weight is 659 g/mol. The van der Waals surface area contributed by atoms with E-state index in [1.165, 1.54) is 61.6 Å². The monoisotopic (exact) mass is 658 g/mol. The van der Waals surface area contributed by atoms with Gasteiger partial charge in [-0.3, -0.25) is 0 Å². The number of aryl methyl sites for hydroxylation is 2. The van der Waals surface area contributed by atoms with Gasteiger partial charge >= 0.3 is 0 Å². The van der Waals surface area contributed by atoms with E-state index in [1.807, 2.05) is 0 Å². The van der Waals surface area contributed by atoms with E-state index in [-0.39, 0.29) is 5.41 Å². The number of anilines is 6. The first kappa shape index (κ1) is 32.1. The molecule has 0 heterocycles. The number of hydrogen-bond donors (Lipinski definition) is 0. The second kappa shape index (κ2) is 13.3. The fraction of sp³-hybridized carbons (Fsp3) is 0.102. The molecule has 2 nitrogen and oxygen atoms in total. The molecule has 51 heavy (non-hydrogen) atoms. The molecule has 0 bridgehead atoms. The molecule has 7 aromatic carbocycles. The molecule has 8 rings (SSSR count). The summed E-state index contributed by atoms with van der Waals surface area (Å²) in [5.41, 5.74) is 17.0. The second-order valence-corrected chi connectivity index (χ2v) is 14.1. The summed E-state index contributed by atoms with van der Waals surface area (Å²) < 4.78 is 0. The van der Waals surface area contributed by atoms with Gasteiger partial charge in [0.15, 0.2) is 0 Å². The number of fused-ring (bicyclic) bond motifs is 3. The molecule has 0 amide bonds. The minimum absolute atomic E-state index is 0.143. The maximum atomic E-state index is 2.41. The van der Waals surface area contributed by atoms with Crippen molar-refractivity contribution >= 4 is 46.3 Å². The van der Waals surface area contributed by atoms with E-state index < -0.39 is 0 Å². The van der Waals surface area contributed by atoms with Gasteiger partial charge in [0.1, 0.15) is 0 Å². The topological polar surface area (TPSA) is 6.48 Å². The molecule has 0 aromatic heterocycles.